The zero-order valence-electron chi connectivity index (χ0n) is 10.7. The lowest BCUT2D eigenvalue weighted by Crippen LogP contribution is -2.37. The summed E-state index contributed by atoms with van der Waals surface area (Å²) in [4.78, 5) is 8.50. The van der Waals surface area contributed by atoms with Crippen LogP contribution in [0, 0.1) is 6.92 Å². The van der Waals surface area contributed by atoms with E-state index in [1.54, 1.807) is 12.4 Å². The number of hydrogen-bond acceptors (Lipinski definition) is 6. The van der Waals surface area contributed by atoms with Crippen LogP contribution in [0.3, 0.4) is 0 Å². The standard InChI is InChI=1S/C13H16N4O2/c1-8-6-15-4-2-9(8)12-16-13(19-17-12)10-7-18-5-3-11(10)14/h2,4,6,10-11H,3,5,7,14H2,1H3. The largest absolute Gasteiger partial charge is 0.381 e. The minimum absolute atomic E-state index is 0.0144. The van der Waals surface area contributed by atoms with E-state index in [0.717, 1.165) is 17.5 Å². The van der Waals surface area contributed by atoms with Crippen molar-refractivity contribution in [2.24, 2.45) is 5.73 Å². The molecule has 0 spiro atoms. The van der Waals surface area contributed by atoms with Crippen molar-refractivity contribution in [3.63, 3.8) is 0 Å². The molecule has 1 aliphatic heterocycles. The molecule has 2 unspecified atom stereocenters. The van der Waals surface area contributed by atoms with Crippen LogP contribution < -0.4 is 5.73 Å². The van der Waals surface area contributed by atoms with Gasteiger partial charge in [-0.3, -0.25) is 4.98 Å². The van der Waals surface area contributed by atoms with E-state index in [9.17, 15) is 0 Å². The second-order valence-corrected chi connectivity index (χ2v) is 4.78. The molecule has 0 radical (unpaired) electrons. The molecule has 2 N–H and O–H groups in total. The minimum Gasteiger partial charge on any atom is -0.381 e. The molecular weight excluding hydrogens is 244 g/mol. The molecular formula is C13H16N4O2. The predicted molar refractivity (Wildman–Crippen MR) is 68.4 cm³/mol. The Balaban J connectivity index is 1.89. The van der Waals surface area contributed by atoms with Gasteiger partial charge in [0.25, 0.3) is 0 Å². The van der Waals surface area contributed by atoms with Crippen molar-refractivity contribution in [2.75, 3.05) is 13.2 Å². The third-order valence-corrected chi connectivity index (χ3v) is 3.43. The van der Waals surface area contributed by atoms with Gasteiger partial charge in [-0.2, -0.15) is 4.98 Å². The van der Waals surface area contributed by atoms with Gasteiger partial charge in [-0.05, 0) is 25.0 Å². The fourth-order valence-corrected chi connectivity index (χ4v) is 2.23. The molecule has 0 aromatic carbocycles. The quantitative estimate of drug-likeness (QED) is 0.875. The van der Waals surface area contributed by atoms with Gasteiger partial charge in [0.05, 0.1) is 12.5 Å². The summed E-state index contributed by atoms with van der Waals surface area (Å²) < 4.78 is 10.8. The van der Waals surface area contributed by atoms with Crippen LogP contribution in [0.1, 0.15) is 23.8 Å². The Labute approximate surface area is 111 Å². The fraction of sp³-hybridized carbons (Fsp3) is 0.462. The molecule has 2 aromatic heterocycles. The lowest BCUT2D eigenvalue weighted by molar-refractivity contribution is 0.0590. The van der Waals surface area contributed by atoms with E-state index in [1.165, 1.54) is 0 Å². The summed E-state index contributed by atoms with van der Waals surface area (Å²) in [6.07, 6.45) is 4.31. The first-order valence-electron chi connectivity index (χ1n) is 6.33. The molecule has 1 fully saturated rings. The Hall–Kier alpha value is -1.79. The first-order valence-corrected chi connectivity index (χ1v) is 6.33. The Morgan fingerprint density at radius 3 is 3.11 bits per heavy atom. The number of rotatable bonds is 2. The Kier molecular flexibility index (Phi) is 3.27. The molecule has 1 saturated heterocycles. The van der Waals surface area contributed by atoms with E-state index in [0.29, 0.717) is 24.9 Å². The zero-order chi connectivity index (χ0) is 13.2. The third kappa shape index (κ3) is 2.36. The summed E-state index contributed by atoms with van der Waals surface area (Å²) in [6, 6.07) is 1.89. The number of ether oxygens (including phenoxy) is 1. The molecule has 19 heavy (non-hydrogen) atoms. The third-order valence-electron chi connectivity index (χ3n) is 3.43. The average Bonchev–Trinajstić information content (AvgIpc) is 2.89. The van der Waals surface area contributed by atoms with Gasteiger partial charge < -0.3 is 15.0 Å². The van der Waals surface area contributed by atoms with Gasteiger partial charge in [0.1, 0.15) is 0 Å². The molecule has 2 atom stereocenters. The van der Waals surface area contributed by atoms with Crippen LogP contribution in [-0.2, 0) is 4.74 Å². The normalized spacial score (nSPS) is 23.5. The summed E-state index contributed by atoms with van der Waals surface area (Å²) in [7, 11) is 0. The van der Waals surface area contributed by atoms with Crippen LogP contribution >= 0.6 is 0 Å². The van der Waals surface area contributed by atoms with Crippen molar-refractivity contribution in [2.45, 2.75) is 25.3 Å². The number of aryl methyl sites for hydroxylation is 1. The van der Waals surface area contributed by atoms with Gasteiger partial charge in [-0.1, -0.05) is 5.16 Å². The first-order chi connectivity index (χ1) is 9.25. The van der Waals surface area contributed by atoms with Crippen LogP contribution in [-0.4, -0.2) is 34.4 Å². The van der Waals surface area contributed by atoms with E-state index in [4.69, 9.17) is 15.0 Å². The lowest BCUT2D eigenvalue weighted by Gasteiger charge is -2.25. The zero-order valence-corrected chi connectivity index (χ0v) is 10.7. The molecule has 0 aliphatic carbocycles. The number of pyridine rings is 1. The number of hydrogen-bond donors (Lipinski definition) is 1. The smallest absolute Gasteiger partial charge is 0.233 e. The monoisotopic (exact) mass is 260 g/mol. The molecule has 2 aromatic rings. The SMILES string of the molecule is Cc1cnccc1-c1noc(C2COCCC2N)n1. The molecule has 3 heterocycles. The molecule has 6 heteroatoms. The highest BCUT2D eigenvalue weighted by atomic mass is 16.5. The maximum absolute atomic E-state index is 6.07. The molecule has 0 bridgehead atoms. The summed E-state index contributed by atoms with van der Waals surface area (Å²) in [5.74, 6) is 1.11. The molecule has 100 valence electrons. The van der Waals surface area contributed by atoms with E-state index < -0.39 is 0 Å². The van der Waals surface area contributed by atoms with Crippen molar-refractivity contribution in [3.8, 4) is 11.4 Å². The van der Waals surface area contributed by atoms with E-state index in [2.05, 4.69) is 15.1 Å². The fourth-order valence-electron chi connectivity index (χ4n) is 2.23. The number of nitrogens with two attached hydrogens (primary N) is 1. The average molecular weight is 260 g/mol. The van der Waals surface area contributed by atoms with Gasteiger partial charge in [0, 0.05) is 30.6 Å². The molecule has 1 aliphatic rings. The summed E-state index contributed by atoms with van der Waals surface area (Å²) >= 11 is 0. The van der Waals surface area contributed by atoms with Crippen molar-refractivity contribution in [3.05, 3.63) is 29.9 Å². The number of nitrogens with zero attached hydrogens (tertiary/aromatic N) is 3. The Bertz CT molecular complexity index is 569. The predicted octanol–water partition coefficient (Wildman–Crippen LogP) is 1.27. The first kappa shape index (κ1) is 12.3. The van der Waals surface area contributed by atoms with E-state index in [-0.39, 0.29) is 12.0 Å². The molecule has 0 amide bonds. The van der Waals surface area contributed by atoms with Gasteiger partial charge in [0.2, 0.25) is 11.7 Å². The highest BCUT2D eigenvalue weighted by Gasteiger charge is 2.29. The van der Waals surface area contributed by atoms with Crippen molar-refractivity contribution in [1.29, 1.82) is 0 Å². The van der Waals surface area contributed by atoms with Gasteiger partial charge in [0.15, 0.2) is 0 Å². The van der Waals surface area contributed by atoms with Crippen LogP contribution in [0.15, 0.2) is 23.0 Å². The van der Waals surface area contributed by atoms with Crippen molar-refractivity contribution in [1.82, 2.24) is 15.1 Å². The van der Waals surface area contributed by atoms with Crippen LogP contribution in [0.4, 0.5) is 0 Å². The Morgan fingerprint density at radius 1 is 1.42 bits per heavy atom. The lowest BCUT2D eigenvalue weighted by atomic mass is 9.97. The topological polar surface area (TPSA) is 87.1 Å². The van der Waals surface area contributed by atoms with Crippen molar-refractivity contribution < 1.29 is 9.26 Å². The maximum Gasteiger partial charge on any atom is 0.233 e. The highest BCUT2D eigenvalue weighted by molar-refractivity contribution is 5.58. The van der Waals surface area contributed by atoms with Gasteiger partial charge >= 0.3 is 0 Å². The molecule has 6 nitrogen and oxygen atoms in total. The summed E-state index contributed by atoms with van der Waals surface area (Å²) in [5.41, 5.74) is 8.01. The maximum atomic E-state index is 6.07. The van der Waals surface area contributed by atoms with Gasteiger partial charge in [-0.15, -0.1) is 0 Å². The van der Waals surface area contributed by atoms with Gasteiger partial charge in [-0.25, -0.2) is 0 Å². The summed E-state index contributed by atoms with van der Waals surface area (Å²) in [5, 5.41) is 4.03. The second-order valence-electron chi connectivity index (χ2n) is 4.78. The van der Waals surface area contributed by atoms with E-state index in [1.807, 2.05) is 13.0 Å². The second kappa shape index (κ2) is 5.07. The van der Waals surface area contributed by atoms with E-state index >= 15 is 0 Å². The molecule has 3 rings (SSSR count). The van der Waals surface area contributed by atoms with Crippen LogP contribution in [0.25, 0.3) is 11.4 Å². The van der Waals surface area contributed by atoms with Crippen LogP contribution in [0.2, 0.25) is 0 Å². The Morgan fingerprint density at radius 2 is 2.32 bits per heavy atom. The minimum atomic E-state index is -0.0165. The van der Waals surface area contributed by atoms with Crippen LogP contribution in [0.5, 0.6) is 0 Å². The highest BCUT2D eigenvalue weighted by Crippen LogP contribution is 2.26. The van der Waals surface area contributed by atoms with Crippen molar-refractivity contribution >= 4 is 0 Å². The molecule has 0 saturated carbocycles. The number of aromatic nitrogens is 3. The summed E-state index contributed by atoms with van der Waals surface area (Å²) in [6.45, 7) is 3.20.